The second-order valence-corrected chi connectivity index (χ2v) is 9.46. The number of hydrogen-bond acceptors (Lipinski definition) is 7. The van der Waals surface area contributed by atoms with E-state index >= 15 is 0 Å². The van der Waals surface area contributed by atoms with Crippen LogP contribution < -0.4 is 15.0 Å². The van der Waals surface area contributed by atoms with E-state index in [1.54, 1.807) is 6.33 Å². The quantitative estimate of drug-likeness (QED) is 0.579. The van der Waals surface area contributed by atoms with Crippen LogP contribution in [0.1, 0.15) is 13.3 Å². The van der Waals surface area contributed by atoms with Crippen LogP contribution in [-0.2, 0) is 9.53 Å². The van der Waals surface area contributed by atoms with Crippen LogP contribution in [-0.4, -0.2) is 83.8 Å². The fourth-order valence-electron chi connectivity index (χ4n) is 5.06. The Morgan fingerprint density at radius 3 is 2.71 bits per heavy atom. The Morgan fingerprint density at radius 1 is 1.18 bits per heavy atom. The van der Waals surface area contributed by atoms with E-state index in [1.807, 2.05) is 13.0 Å². The second kappa shape index (κ2) is 8.88. The van der Waals surface area contributed by atoms with Crippen molar-refractivity contribution in [3.8, 4) is 17.1 Å². The fraction of sp³-hybridized carbons (Fsp3) is 0.480. The van der Waals surface area contributed by atoms with Gasteiger partial charge in [-0.3, -0.25) is 9.69 Å². The maximum atomic E-state index is 11.6. The SMILES string of the molecule is C[C@@H](Oc1nc(-c2ccc(N3CC(N4CCOCC4)C3)cc2)cc2[nH]cnc12)[C@H]1CNC(=O)C1. The van der Waals surface area contributed by atoms with Crippen molar-refractivity contribution in [1.82, 2.24) is 25.2 Å². The molecule has 2 N–H and O–H groups in total. The van der Waals surface area contributed by atoms with E-state index in [0.29, 0.717) is 30.4 Å². The smallest absolute Gasteiger partial charge is 0.243 e. The zero-order valence-corrected chi connectivity index (χ0v) is 19.4. The number of imidazole rings is 1. The lowest BCUT2D eigenvalue weighted by Crippen LogP contribution is -2.61. The minimum Gasteiger partial charge on any atom is -0.473 e. The molecule has 3 fully saturated rings. The summed E-state index contributed by atoms with van der Waals surface area (Å²) in [4.78, 5) is 29.0. The van der Waals surface area contributed by atoms with Gasteiger partial charge in [0.05, 0.1) is 30.8 Å². The van der Waals surface area contributed by atoms with Crippen molar-refractivity contribution in [2.75, 3.05) is 50.8 Å². The summed E-state index contributed by atoms with van der Waals surface area (Å²) in [6.45, 7) is 8.51. The number of morpholine rings is 1. The molecular formula is C25H30N6O3. The van der Waals surface area contributed by atoms with Gasteiger partial charge in [-0.1, -0.05) is 12.1 Å². The van der Waals surface area contributed by atoms with Crippen LogP contribution >= 0.6 is 0 Å². The van der Waals surface area contributed by atoms with Crippen molar-refractivity contribution in [2.45, 2.75) is 25.5 Å². The topological polar surface area (TPSA) is 95.6 Å². The molecule has 5 heterocycles. The number of nitrogens with one attached hydrogen (secondary N) is 2. The highest BCUT2D eigenvalue weighted by Gasteiger charge is 2.33. The zero-order chi connectivity index (χ0) is 23.1. The monoisotopic (exact) mass is 462 g/mol. The molecule has 178 valence electrons. The molecule has 0 aliphatic carbocycles. The van der Waals surface area contributed by atoms with Crippen LogP contribution in [0.4, 0.5) is 5.69 Å². The van der Waals surface area contributed by atoms with Crippen LogP contribution in [0.3, 0.4) is 0 Å². The molecule has 0 radical (unpaired) electrons. The van der Waals surface area contributed by atoms with Crippen LogP contribution in [0, 0.1) is 5.92 Å². The van der Waals surface area contributed by atoms with E-state index < -0.39 is 0 Å². The molecular weight excluding hydrogens is 432 g/mol. The van der Waals surface area contributed by atoms with Gasteiger partial charge in [-0.05, 0) is 25.1 Å². The van der Waals surface area contributed by atoms with E-state index in [2.05, 4.69) is 49.4 Å². The molecule has 9 nitrogen and oxygen atoms in total. The van der Waals surface area contributed by atoms with E-state index in [0.717, 1.165) is 56.2 Å². The number of aromatic amines is 1. The van der Waals surface area contributed by atoms with Crippen molar-refractivity contribution in [3.63, 3.8) is 0 Å². The fourth-order valence-corrected chi connectivity index (χ4v) is 5.06. The number of carbonyl (C=O) groups excluding carboxylic acids is 1. The summed E-state index contributed by atoms with van der Waals surface area (Å²) in [5.41, 5.74) is 4.69. The third-order valence-electron chi connectivity index (χ3n) is 7.30. The van der Waals surface area contributed by atoms with Gasteiger partial charge in [-0.25, -0.2) is 9.97 Å². The molecule has 1 aromatic carbocycles. The molecule has 6 rings (SSSR count). The number of anilines is 1. The average molecular weight is 463 g/mol. The molecule has 3 aliphatic heterocycles. The molecule has 0 saturated carbocycles. The molecule has 0 unspecified atom stereocenters. The maximum absolute atomic E-state index is 11.6. The number of carbonyl (C=O) groups is 1. The summed E-state index contributed by atoms with van der Waals surface area (Å²) < 4.78 is 11.7. The Morgan fingerprint density at radius 2 is 1.97 bits per heavy atom. The van der Waals surface area contributed by atoms with Gasteiger partial charge in [0.25, 0.3) is 0 Å². The minimum absolute atomic E-state index is 0.0747. The zero-order valence-electron chi connectivity index (χ0n) is 19.4. The number of amides is 1. The van der Waals surface area contributed by atoms with Crippen molar-refractivity contribution < 1.29 is 14.3 Å². The van der Waals surface area contributed by atoms with Crippen LogP contribution in [0.25, 0.3) is 22.3 Å². The lowest BCUT2D eigenvalue weighted by atomic mass is 10.0. The molecule has 3 saturated heterocycles. The van der Waals surface area contributed by atoms with Crippen molar-refractivity contribution in [1.29, 1.82) is 0 Å². The first-order valence-electron chi connectivity index (χ1n) is 12.1. The molecule has 1 amide bonds. The van der Waals surface area contributed by atoms with Crippen molar-refractivity contribution >= 4 is 22.6 Å². The van der Waals surface area contributed by atoms with E-state index in [-0.39, 0.29) is 17.9 Å². The highest BCUT2D eigenvalue weighted by Crippen LogP contribution is 2.31. The second-order valence-electron chi connectivity index (χ2n) is 9.46. The number of nitrogens with zero attached hydrogens (tertiary/aromatic N) is 4. The Bertz CT molecular complexity index is 1170. The van der Waals surface area contributed by atoms with Crippen LogP contribution in [0.15, 0.2) is 36.7 Å². The number of rotatable bonds is 6. The Labute approximate surface area is 198 Å². The number of benzene rings is 1. The molecule has 2 aromatic heterocycles. The number of pyridine rings is 1. The van der Waals surface area contributed by atoms with E-state index in [9.17, 15) is 4.79 Å². The molecule has 3 aliphatic rings. The molecule has 0 bridgehead atoms. The summed E-state index contributed by atoms with van der Waals surface area (Å²) in [6.07, 6.45) is 2.00. The lowest BCUT2D eigenvalue weighted by molar-refractivity contribution is -0.119. The normalized spacial score (nSPS) is 22.6. The summed E-state index contributed by atoms with van der Waals surface area (Å²) in [5.74, 6) is 0.704. The Hall–Kier alpha value is -3.17. The summed E-state index contributed by atoms with van der Waals surface area (Å²) in [6, 6.07) is 11.2. The van der Waals surface area contributed by atoms with Gasteiger partial charge in [0, 0.05) is 62.4 Å². The van der Waals surface area contributed by atoms with Gasteiger partial charge in [-0.15, -0.1) is 0 Å². The standard InChI is InChI=1S/C25H30N6O3/c1-16(18-10-23(32)26-12-18)34-25-24-22(27-15-28-24)11-21(29-25)17-2-4-19(5-3-17)31-13-20(14-31)30-6-8-33-9-7-30/h2-5,11,15-16,18,20H,6-10,12-14H2,1H3,(H,26,32)(H,27,28)/t16-,18-/m1/s1. The van der Waals surface area contributed by atoms with E-state index in [4.69, 9.17) is 14.5 Å². The van der Waals surface area contributed by atoms with Gasteiger partial charge >= 0.3 is 0 Å². The largest absolute Gasteiger partial charge is 0.473 e. The average Bonchev–Trinajstić information content (AvgIpc) is 3.48. The number of ether oxygens (including phenoxy) is 2. The number of hydrogen-bond donors (Lipinski definition) is 2. The Balaban J connectivity index is 1.17. The predicted molar refractivity (Wildman–Crippen MR) is 129 cm³/mol. The van der Waals surface area contributed by atoms with Gasteiger partial charge in [0.2, 0.25) is 11.8 Å². The summed E-state index contributed by atoms with van der Waals surface area (Å²) in [5, 5.41) is 2.88. The third kappa shape index (κ3) is 4.10. The minimum atomic E-state index is -0.144. The maximum Gasteiger partial charge on any atom is 0.243 e. The van der Waals surface area contributed by atoms with Gasteiger partial charge < -0.3 is 24.7 Å². The number of H-pyrrole nitrogens is 1. The summed E-state index contributed by atoms with van der Waals surface area (Å²) >= 11 is 0. The van der Waals surface area contributed by atoms with Gasteiger partial charge in [-0.2, -0.15) is 0 Å². The van der Waals surface area contributed by atoms with Crippen molar-refractivity contribution in [3.05, 3.63) is 36.7 Å². The molecule has 2 atom stereocenters. The van der Waals surface area contributed by atoms with Gasteiger partial charge in [0.1, 0.15) is 6.10 Å². The highest BCUT2D eigenvalue weighted by molar-refractivity contribution is 5.84. The molecule has 0 spiro atoms. The number of aromatic nitrogens is 3. The lowest BCUT2D eigenvalue weighted by Gasteiger charge is -2.47. The number of fused-ring (bicyclic) bond motifs is 1. The first-order chi connectivity index (χ1) is 16.6. The molecule has 3 aromatic rings. The first-order valence-corrected chi connectivity index (χ1v) is 12.1. The van der Waals surface area contributed by atoms with Gasteiger partial charge in [0.15, 0.2) is 5.52 Å². The molecule has 9 heteroatoms. The predicted octanol–water partition coefficient (Wildman–Crippen LogP) is 2.05. The van der Waals surface area contributed by atoms with Crippen LogP contribution in [0.5, 0.6) is 5.88 Å². The van der Waals surface area contributed by atoms with Crippen molar-refractivity contribution in [2.24, 2.45) is 5.92 Å². The third-order valence-corrected chi connectivity index (χ3v) is 7.30. The highest BCUT2D eigenvalue weighted by atomic mass is 16.5. The molecule has 34 heavy (non-hydrogen) atoms. The first kappa shape index (κ1) is 21.4. The summed E-state index contributed by atoms with van der Waals surface area (Å²) in [7, 11) is 0. The Kier molecular flexibility index (Phi) is 5.58. The van der Waals surface area contributed by atoms with E-state index in [1.165, 1.54) is 5.69 Å². The van der Waals surface area contributed by atoms with Crippen LogP contribution in [0.2, 0.25) is 0 Å².